The van der Waals surface area contributed by atoms with Crippen LogP contribution in [0.4, 0.5) is 0 Å². The van der Waals surface area contributed by atoms with Gasteiger partial charge in [-0.3, -0.25) is 4.79 Å². The third-order valence-corrected chi connectivity index (χ3v) is 4.13. The van der Waals surface area contributed by atoms with Gasteiger partial charge in [0, 0.05) is 6.04 Å². The standard InChI is InChI=1S/C14H28N2O2/c1-3-16(12-8-5-4-6-9-12)11-7-10-14(2,15)13(17)18/h12H,3-11,15H2,1-2H3,(H,17,18). The second-order valence-electron chi connectivity index (χ2n) is 5.75. The van der Waals surface area contributed by atoms with Crippen molar-refractivity contribution in [3.05, 3.63) is 0 Å². The van der Waals surface area contributed by atoms with Gasteiger partial charge in [0.2, 0.25) is 0 Å². The molecule has 1 unspecified atom stereocenters. The quantitative estimate of drug-likeness (QED) is 0.733. The molecule has 4 heteroatoms. The van der Waals surface area contributed by atoms with Gasteiger partial charge in [-0.05, 0) is 45.7 Å². The highest BCUT2D eigenvalue weighted by Crippen LogP contribution is 2.23. The predicted octanol–water partition coefficient (Wildman–Crippen LogP) is 2.22. The zero-order chi connectivity index (χ0) is 13.6. The SMILES string of the molecule is CCN(CCCC(C)(N)C(=O)O)C1CCCCC1. The van der Waals surface area contributed by atoms with E-state index in [2.05, 4.69) is 11.8 Å². The van der Waals surface area contributed by atoms with Crippen molar-refractivity contribution in [2.24, 2.45) is 5.73 Å². The average Bonchev–Trinajstić information content (AvgIpc) is 2.35. The molecule has 0 aromatic carbocycles. The summed E-state index contributed by atoms with van der Waals surface area (Å²) in [5.41, 5.74) is 4.67. The second kappa shape index (κ2) is 7.10. The Bertz CT molecular complexity index is 261. The number of carboxylic acid groups (broad SMARTS) is 1. The summed E-state index contributed by atoms with van der Waals surface area (Å²) in [5, 5.41) is 8.97. The van der Waals surface area contributed by atoms with Crippen molar-refractivity contribution in [3.8, 4) is 0 Å². The second-order valence-corrected chi connectivity index (χ2v) is 5.75. The summed E-state index contributed by atoms with van der Waals surface area (Å²) in [4.78, 5) is 13.4. The molecule has 3 N–H and O–H groups in total. The lowest BCUT2D eigenvalue weighted by Gasteiger charge is -2.34. The molecule has 0 aliphatic heterocycles. The molecule has 18 heavy (non-hydrogen) atoms. The van der Waals surface area contributed by atoms with Gasteiger partial charge in [0.15, 0.2) is 0 Å². The molecule has 1 aliphatic carbocycles. The van der Waals surface area contributed by atoms with Crippen LogP contribution in [0.3, 0.4) is 0 Å². The lowest BCUT2D eigenvalue weighted by atomic mass is 9.93. The van der Waals surface area contributed by atoms with E-state index in [1.165, 1.54) is 32.1 Å². The van der Waals surface area contributed by atoms with Crippen LogP contribution < -0.4 is 5.73 Å². The van der Waals surface area contributed by atoms with Crippen LogP contribution in [0.25, 0.3) is 0 Å². The first-order valence-corrected chi connectivity index (χ1v) is 7.23. The lowest BCUT2D eigenvalue weighted by Crippen LogP contribution is -2.45. The van der Waals surface area contributed by atoms with Crippen molar-refractivity contribution in [2.75, 3.05) is 13.1 Å². The maximum Gasteiger partial charge on any atom is 0.323 e. The van der Waals surface area contributed by atoms with Gasteiger partial charge in [0.25, 0.3) is 0 Å². The Morgan fingerprint density at radius 3 is 2.50 bits per heavy atom. The van der Waals surface area contributed by atoms with Crippen molar-refractivity contribution in [3.63, 3.8) is 0 Å². The highest BCUT2D eigenvalue weighted by molar-refractivity contribution is 5.77. The maximum atomic E-state index is 10.9. The molecule has 0 radical (unpaired) electrons. The summed E-state index contributed by atoms with van der Waals surface area (Å²) >= 11 is 0. The number of rotatable bonds is 7. The molecule has 0 bridgehead atoms. The third kappa shape index (κ3) is 4.58. The molecule has 0 aromatic heterocycles. The summed E-state index contributed by atoms with van der Waals surface area (Å²) in [5.74, 6) is -0.900. The van der Waals surface area contributed by atoms with E-state index in [0.29, 0.717) is 12.5 Å². The van der Waals surface area contributed by atoms with Gasteiger partial charge in [0.05, 0.1) is 0 Å². The number of hydrogen-bond donors (Lipinski definition) is 2. The molecule has 0 heterocycles. The first-order chi connectivity index (χ1) is 8.47. The van der Waals surface area contributed by atoms with Crippen molar-refractivity contribution < 1.29 is 9.90 Å². The van der Waals surface area contributed by atoms with Crippen LogP contribution in [0.5, 0.6) is 0 Å². The van der Waals surface area contributed by atoms with Crippen LogP contribution in [0.1, 0.15) is 58.8 Å². The molecule has 4 nitrogen and oxygen atoms in total. The molecule has 0 aromatic rings. The normalized spacial score (nSPS) is 20.9. The molecule has 0 spiro atoms. The van der Waals surface area contributed by atoms with E-state index < -0.39 is 11.5 Å². The molecule has 0 amide bonds. The van der Waals surface area contributed by atoms with Gasteiger partial charge in [0.1, 0.15) is 5.54 Å². The van der Waals surface area contributed by atoms with Crippen LogP contribution in [0.2, 0.25) is 0 Å². The van der Waals surface area contributed by atoms with E-state index in [-0.39, 0.29) is 0 Å². The minimum absolute atomic E-state index is 0.547. The van der Waals surface area contributed by atoms with E-state index in [1.807, 2.05) is 0 Å². The van der Waals surface area contributed by atoms with Gasteiger partial charge in [-0.25, -0.2) is 0 Å². The smallest absolute Gasteiger partial charge is 0.323 e. The Labute approximate surface area is 111 Å². The third-order valence-electron chi connectivity index (χ3n) is 4.13. The number of carbonyl (C=O) groups is 1. The number of carboxylic acids is 1. The lowest BCUT2D eigenvalue weighted by molar-refractivity contribution is -0.143. The molecule has 106 valence electrons. The Hall–Kier alpha value is -0.610. The fourth-order valence-corrected chi connectivity index (χ4v) is 2.80. The fourth-order valence-electron chi connectivity index (χ4n) is 2.80. The van der Waals surface area contributed by atoms with E-state index >= 15 is 0 Å². The molecular weight excluding hydrogens is 228 g/mol. The van der Waals surface area contributed by atoms with Crippen LogP contribution in [-0.4, -0.2) is 40.6 Å². The summed E-state index contributed by atoms with van der Waals surface area (Å²) in [6.07, 6.45) is 8.05. The highest BCUT2D eigenvalue weighted by Gasteiger charge is 2.28. The minimum atomic E-state index is -1.08. The first kappa shape index (κ1) is 15.4. The molecule has 1 rings (SSSR count). The van der Waals surface area contributed by atoms with E-state index in [1.54, 1.807) is 6.92 Å². The van der Waals surface area contributed by atoms with Gasteiger partial charge in [-0.2, -0.15) is 0 Å². The van der Waals surface area contributed by atoms with Gasteiger partial charge in [-0.1, -0.05) is 26.2 Å². The monoisotopic (exact) mass is 256 g/mol. The molecular formula is C14H28N2O2. The maximum absolute atomic E-state index is 10.9. The fraction of sp³-hybridized carbons (Fsp3) is 0.929. The number of hydrogen-bond acceptors (Lipinski definition) is 3. The molecule has 1 aliphatic rings. The van der Waals surface area contributed by atoms with Crippen LogP contribution in [-0.2, 0) is 4.79 Å². The minimum Gasteiger partial charge on any atom is -0.480 e. The van der Waals surface area contributed by atoms with E-state index in [4.69, 9.17) is 10.8 Å². The highest BCUT2D eigenvalue weighted by atomic mass is 16.4. The number of aliphatic carboxylic acids is 1. The van der Waals surface area contributed by atoms with Gasteiger partial charge in [-0.15, -0.1) is 0 Å². The molecule has 1 fully saturated rings. The summed E-state index contributed by atoms with van der Waals surface area (Å²) < 4.78 is 0. The van der Waals surface area contributed by atoms with Crippen LogP contribution in [0.15, 0.2) is 0 Å². The Kier molecular flexibility index (Phi) is 6.09. The first-order valence-electron chi connectivity index (χ1n) is 7.23. The van der Waals surface area contributed by atoms with Crippen molar-refractivity contribution in [1.29, 1.82) is 0 Å². The Morgan fingerprint density at radius 2 is 2.00 bits per heavy atom. The summed E-state index contributed by atoms with van der Waals surface area (Å²) in [6, 6.07) is 0.706. The summed E-state index contributed by atoms with van der Waals surface area (Å²) in [7, 11) is 0. The van der Waals surface area contributed by atoms with Crippen LogP contribution in [0, 0.1) is 0 Å². The average molecular weight is 256 g/mol. The molecule has 1 atom stereocenters. The van der Waals surface area contributed by atoms with Crippen LogP contribution >= 0.6 is 0 Å². The Balaban J connectivity index is 2.33. The van der Waals surface area contributed by atoms with Gasteiger partial charge < -0.3 is 15.7 Å². The number of nitrogens with zero attached hydrogens (tertiary/aromatic N) is 1. The van der Waals surface area contributed by atoms with E-state index in [9.17, 15) is 4.79 Å². The zero-order valence-electron chi connectivity index (χ0n) is 11.8. The zero-order valence-corrected chi connectivity index (χ0v) is 11.8. The summed E-state index contributed by atoms with van der Waals surface area (Å²) in [6.45, 7) is 5.82. The largest absolute Gasteiger partial charge is 0.480 e. The van der Waals surface area contributed by atoms with Gasteiger partial charge >= 0.3 is 5.97 Å². The van der Waals surface area contributed by atoms with E-state index in [0.717, 1.165) is 19.5 Å². The molecule has 1 saturated carbocycles. The van der Waals surface area contributed by atoms with Crippen molar-refractivity contribution in [1.82, 2.24) is 4.90 Å². The Morgan fingerprint density at radius 1 is 1.39 bits per heavy atom. The van der Waals surface area contributed by atoms with Crippen molar-refractivity contribution in [2.45, 2.75) is 70.4 Å². The molecule has 0 saturated heterocycles. The topological polar surface area (TPSA) is 66.6 Å². The predicted molar refractivity (Wildman–Crippen MR) is 73.6 cm³/mol. The number of nitrogens with two attached hydrogens (primary N) is 1. The van der Waals surface area contributed by atoms with Crippen molar-refractivity contribution >= 4 is 5.97 Å².